The smallest absolute Gasteiger partial charge is 0.357 e. The molecule has 0 radical (unpaired) electrons. The third-order valence-electron chi connectivity index (χ3n) is 4.52. The Labute approximate surface area is 172 Å². The summed E-state index contributed by atoms with van der Waals surface area (Å²) in [5, 5.41) is 12.5. The number of benzene rings is 1. The fraction of sp³-hybridized carbons (Fsp3) is 0.286. The zero-order chi connectivity index (χ0) is 21.1. The lowest BCUT2D eigenvalue weighted by Gasteiger charge is -2.13. The highest BCUT2D eigenvalue weighted by Gasteiger charge is 2.28. The average molecular weight is 411 g/mol. The molecule has 3 aromatic rings. The van der Waals surface area contributed by atoms with E-state index >= 15 is 0 Å². The predicted octanol–water partition coefficient (Wildman–Crippen LogP) is 3.87. The van der Waals surface area contributed by atoms with Crippen molar-refractivity contribution in [3.05, 3.63) is 40.4 Å². The summed E-state index contributed by atoms with van der Waals surface area (Å²) in [5.41, 5.74) is 8.92. The van der Waals surface area contributed by atoms with Gasteiger partial charge in [0, 0.05) is 15.8 Å². The predicted molar refractivity (Wildman–Crippen MR) is 112 cm³/mol. The van der Waals surface area contributed by atoms with E-state index in [4.69, 9.17) is 15.2 Å². The van der Waals surface area contributed by atoms with Crippen molar-refractivity contribution in [2.75, 3.05) is 18.9 Å². The van der Waals surface area contributed by atoms with Gasteiger partial charge in [-0.05, 0) is 43.8 Å². The van der Waals surface area contributed by atoms with Crippen molar-refractivity contribution in [3.63, 3.8) is 0 Å². The largest absolute Gasteiger partial charge is 0.465 e. The zero-order valence-electron chi connectivity index (χ0n) is 16.4. The van der Waals surface area contributed by atoms with Gasteiger partial charge < -0.3 is 19.8 Å². The van der Waals surface area contributed by atoms with E-state index in [0.29, 0.717) is 16.5 Å². The number of fused-ring (bicyclic) bond motifs is 1. The van der Waals surface area contributed by atoms with Crippen molar-refractivity contribution in [2.24, 2.45) is 0 Å². The molecule has 2 heterocycles. The molecule has 3 rings (SSSR count). The number of hydrogen-bond acceptors (Lipinski definition) is 7. The van der Waals surface area contributed by atoms with E-state index in [2.05, 4.69) is 6.07 Å². The molecule has 7 nitrogen and oxygen atoms in total. The second-order valence-corrected chi connectivity index (χ2v) is 7.25. The number of aromatic nitrogens is 1. The van der Waals surface area contributed by atoms with Crippen LogP contribution in [0.3, 0.4) is 0 Å². The maximum atomic E-state index is 12.6. The third kappa shape index (κ3) is 3.57. The average Bonchev–Trinajstić information content (AvgIpc) is 3.28. The Balaban J connectivity index is 2.40. The van der Waals surface area contributed by atoms with Gasteiger partial charge in [0.2, 0.25) is 0 Å². The Morgan fingerprint density at radius 2 is 2.00 bits per heavy atom. The fourth-order valence-corrected chi connectivity index (χ4v) is 4.28. The van der Waals surface area contributed by atoms with Crippen LogP contribution in [0, 0.1) is 18.3 Å². The van der Waals surface area contributed by atoms with Crippen LogP contribution >= 0.6 is 11.3 Å². The molecule has 0 aliphatic heterocycles. The van der Waals surface area contributed by atoms with E-state index in [1.165, 1.54) is 15.9 Å². The quantitative estimate of drug-likeness (QED) is 0.617. The number of rotatable bonds is 6. The SMILES string of the molecule is CCOC(=O)Cn1c(C(=O)OCC)c(N)c2cc(C)c(-c3cccs3)c(C#N)c21. The number of esters is 2. The number of nitrogen functional groups attached to an aromatic ring is 1. The minimum absolute atomic E-state index is 0.0501. The standard InChI is InChI=1S/C21H21N3O4S/c1-4-27-16(25)11-24-19-13(18(23)20(24)21(26)28-5-2)9-12(3)17(14(19)10-22)15-7-6-8-29-15/h6-9H,4-5,11,23H2,1-3H3. The van der Waals surface area contributed by atoms with Gasteiger partial charge >= 0.3 is 11.9 Å². The highest BCUT2D eigenvalue weighted by Crippen LogP contribution is 2.40. The molecule has 2 aromatic heterocycles. The van der Waals surface area contributed by atoms with E-state index in [0.717, 1.165) is 16.0 Å². The molecule has 0 saturated carbocycles. The molecule has 0 amide bonds. The summed E-state index contributed by atoms with van der Waals surface area (Å²) in [5.74, 6) is -1.18. The number of nitriles is 1. The molecule has 0 aliphatic rings. The maximum absolute atomic E-state index is 12.6. The highest BCUT2D eigenvalue weighted by molar-refractivity contribution is 7.13. The topological polar surface area (TPSA) is 107 Å². The van der Waals surface area contributed by atoms with E-state index < -0.39 is 11.9 Å². The Morgan fingerprint density at radius 3 is 2.59 bits per heavy atom. The summed E-state index contributed by atoms with van der Waals surface area (Å²) < 4.78 is 11.7. The number of nitrogens with zero attached hydrogens (tertiary/aromatic N) is 2. The molecular formula is C21H21N3O4S. The number of hydrogen-bond donors (Lipinski definition) is 1. The molecule has 8 heteroatoms. The van der Waals surface area contributed by atoms with Crippen molar-refractivity contribution in [2.45, 2.75) is 27.3 Å². The second-order valence-electron chi connectivity index (χ2n) is 6.30. The number of carbonyl (C=O) groups excluding carboxylic acids is 2. The maximum Gasteiger partial charge on any atom is 0.357 e. The van der Waals surface area contributed by atoms with Crippen LogP contribution in [0.4, 0.5) is 5.69 Å². The van der Waals surface area contributed by atoms with Crippen molar-refractivity contribution in [3.8, 4) is 16.5 Å². The Hall–Kier alpha value is -3.31. The van der Waals surface area contributed by atoms with Gasteiger partial charge in [-0.1, -0.05) is 6.07 Å². The number of nitrogens with two attached hydrogens (primary N) is 1. The summed E-state index contributed by atoms with van der Waals surface area (Å²) in [7, 11) is 0. The molecule has 0 bridgehead atoms. The van der Waals surface area contributed by atoms with Crippen molar-refractivity contribution >= 4 is 39.9 Å². The summed E-state index contributed by atoms with van der Waals surface area (Å²) in [6.07, 6.45) is 0. The first-order valence-electron chi connectivity index (χ1n) is 9.16. The van der Waals surface area contributed by atoms with E-state index in [9.17, 15) is 14.9 Å². The minimum Gasteiger partial charge on any atom is -0.465 e. The van der Waals surface area contributed by atoms with Gasteiger partial charge in [-0.3, -0.25) is 4.79 Å². The molecule has 29 heavy (non-hydrogen) atoms. The number of anilines is 1. The summed E-state index contributed by atoms with van der Waals surface area (Å²) in [6.45, 7) is 5.38. The summed E-state index contributed by atoms with van der Waals surface area (Å²) in [6, 6.07) is 7.92. The lowest BCUT2D eigenvalue weighted by Crippen LogP contribution is -2.20. The van der Waals surface area contributed by atoms with Crippen LogP contribution in [0.25, 0.3) is 21.3 Å². The van der Waals surface area contributed by atoms with E-state index in [-0.39, 0.29) is 31.1 Å². The van der Waals surface area contributed by atoms with Crippen LogP contribution in [0.15, 0.2) is 23.6 Å². The van der Waals surface area contributed by atoms with Crippen LogP contribution in [-0.2, 0) is 20.8 Å². The zero-order valence-corrected chi connectivity index (χ0v) is 17.3. The lowest BCUT2D eigenvalue weighted by atomic mass is 9.97. The summed E-state index contributed by atoms with van der Waals surface area (Å²) in [4.78, 5) is 25.8. The molecule has 0 saturated heterocycles. The molecule has 0 atom stereocenters. The van der Waals surface area contributed by atoms with Crippen molar-refractivity contribution < 1.29 is 19.1 Å². The number of thiophene rings is 1. The van der Waals surface area contributed by atoms with Crippen LogP contribution in [0.1, 0.15) is 35.5 Å². The molecule has 150 valence electrons. The van der Waals surface area contributed by atoms with Crippen LogP contribution in [-0.4, -0.2) is 29.7 Å². The van der Waals surface area contributed by atoms with Gasteiger partial charge in [0.1, 0.15) is 12.6 Å². The van der Waals surface area contributed by atoms with Crippen LogP contribution < -0.4 is 5.73 Å². The molecular weight excluding hydrogens is 390 g/mol. The van der Waals surface area contributed by atoms with Gasteiger partial charge in [0.05, 0.1) is 30.0 Å². The van der Waals surface area contributed by atoms with E-state index in [1.807, 2.05) is 30.5 Å². The first-order chi connectivity index (χ1) is 13.9. The minimum atomic E-state index is -0.648. The molecule has 0 fully saturated rings. The molecule has 1 aromatic carbocycles. The van der Waals surface area contributed by atoms with Crippen molar-refractivity contribution in [1.82, 2.24) is 4.57 Å². The van der Waals surface area contributed by atoms with E-state index in [1.54, 1.807) is 13.8 Å². The number of ether oxygens (including phenoxy) is 2. The first kappa shape index (κ1) is 20.4. The first-order valence-corrected chi connectivity index (χ1v) is 10.0. The molecule has 0 unspecified atom stereocenters. The van der Waals surface area contributed by atoms with Gasteiger partial charge in [0.25, 0.3) is 0 Å². The second kappa shape index (κ2) is 8.37. The fourth-order valence-electron chi connectivity index (χ4n) is 3.44. The van der Waals surface area contributed by atoms with Gasteiger partial charge in [-0.15, -0.1) is 11.3 Å². The Bertz CT molecular complexity index is 1120. The summed E-state index contributed by atoms with van der Waals surface area (Å²) >= 11 is 1.51. The monoisotopic (exact) mass is 411 g/mol. The van der Waals surface area contributed by atoms with Gasteiger partial charge in [-0.25, -0.2) is 4.79 Å². The third-order valence-corrected chi connectivity index (χ3v) is 5.41. The lowest BCUT2D eigenvalue weighted by molar-refractivity contribution is -0.143. The van der Waals surface area contributed by atoms with Gasteiger partial charge in [0.15, 0.2) is 5.69 Å². The highest BCUT2D eigenvalue weighted by atomic mass is 32.1. The molecule has 0 aliphatic carbocycles. The van der Waals surface area contributed by atoms with Crippen molar-refractivity contribution in [1.29, 1.82) is 5.26 Å². The molecule has 2 N–H and O–H groups in total. The number of aryl methyl sites for hydroxylation is 1. The van der Waals surface area contributed by atoms with Crippen LogP contribution in [0.2, 0.25) is 0 Å². The Morgan fingerprint density at radius 1 is 1.28 bits per heavy atom. The van der Waals surface area contributed by atoms with Gasteiger partial charge in [-0.2, -0.15) is 5.26 Å². The molecule has 0 spiro atoms. The number of carbonyl (C=O) groups is 2. The van der Waals surface area contributed by atoms with Crippen LogP contribution in [0.5, 0.6) is 0 Å². The Kier molecular flexibility index (Phi) is 5.89. The normalized spacial score (nSPS) is 10.7.